The highest BCUT2D eigenvalue weighted by Gasteiger charge is 2.24. The van der Waals surface area contributed by atoms with E-state index in [-0.39, 0.29) is 0 Å². The van der Waals surface area contributed by atoms with Gasteiger partial charge in [0.15, 0.2) is 7.38 Å². The maximum absolute atomic E-state index is 9.76. The van der Waals surface area contributed by atoms with Crippen LogP contribution in [-0.2, 0) is 4.79 Å². The molecule has 0 aliphatic carbocycles. The van der Waals surface area contributed by atoms with Gasteiger partial charge in [-0.05, 0) is 24.6 Å². The van der Waals surface area contributed by atoms with Gasteiger partial charge in [-0.3, -0.25) is 0 Å². The summed E-state index contributed by atoms with van der Waals surface area (Å²) in [6.07, 6.45) is 2.47. The molecule has 0 fully saturated rings. The summed E-state index contributed by atoms with van der Waals surface area (Å²) in [6.45, 7) is 4.88. The Kier molecular flexibility index (Phi) is 6.35. The maximum atomic E-state index is 9.76. The highest BCUT2D eigenvalue weighted by Crippen LogP contribution is 2.26. The summed E-state index contributed by atoms with van der Waals surface area (Å²) in [4.78, 5) is 13.3. The molecule has 2 nitrogen and oxygen atoms in total. The normalized spacial score (nSPS) is 10.9. The lowest BCUT2D eigenvalue weighted by Crippen LogP contribution is -2.24. The molecule has 0 unspecified atom stereocenters. The number of aliphatic imine (C=N–C) groups is 1. The molecule has 0 rings (SSSR count). The zero-order valence-electron chi connectivity index (χ0n) is 7.77. The lowest BCUT2D eigenvalue weighted by Gasteiger charge is -2.19. The molecule has 0 spiro atoms. The van der Waals surface area contributed by atoms with Crippen molar-refractivity contribution in [3.05, 3.63) is 0 Å². The van der Waals surface area contributed by atoms with Crippen molar-refractivity contribution in [3.8, 4) is 0 Å². The molecule has 0 bridgehead atoms. The molecular weight excluding hydrogens is 190 g/mol. The molecule has 4 heteroatoms. The van der Waals surface area contributed by atoms with Crippen LogP contribution in [0.4, 0.5) is 0 Å². The fourth-order valence-electron chi connectivity index (χ4n) is 1.12. The minimum absolute atomic E-state index is 0.588. The van der Waals surface area contributed by atoms with Crippen molar-refractivity contribution in [3.63, 3.8) is 0 Å². The van der Waals surface area contributed by atoms with Crippen molar-refractivity contribution in [2.24, 2.45) is 4.99 Å². The number of nitrogens with zero attached hydrogens (tertiary/aromatic N) is 1. The van der Waals surface area contributed by atoms with Crippen molar-refractivity contribution >= 4 is 24.5 Å². The van der Waals surface area contributed by atoms with Crippen LogP contribution in [0.15, 0.2) is 4.99 Å². The van der Waals surface area contributed by atoms with Gasteiger partial charge < -0.3 is 0 Å². The fourth-order valence-corrected chi connectivity index (χ4v) is 3.52. The summed E-state index contributed by atoms with van der Waals surface area (Å²) in [7, 11) is -1.46. The van der Waals surface area contributed by atoms with Crippen molar-refractivity contribution in [2.75, 3.05) is 6.54 Å². The largest absolute Gasteiger partial charge is 0.234 e. The quantitative estimate of drug-likeness (QED) is 0.216. The predicted octanol–water partition coefficient (Wildman–Crippen LogP) is 2.94. The second-order valence-corrected chi connectivity index (χ2v) is 9.56. The molecule has 0 atom stereocenters. The molecule has 0 aromatic heterocycles. The van der Waals surface area contributed by atoms with Crippen LogP contribution in [-0.4, -0.2) is 20.0 Å². The van der Waals surface area contributed by atoms with Gasteiger partial charge in [0.25, 0.3) is 0 Å². The van der Waals surface area contributed by atoms with Crippen LogP contribution in [0.2, 0.25) is 18.1 Å². The second kappa shape index (κ2) is 6.41. The Labute approximate surface area is 79.7 Å². The number of hydrogen-bond donors (Lipinski definition) is 0. The van der Waals surface area contributed by atoms with E-state index >= 15 is 0 Å². The molecule has 0 N–H and O–H groups in total. The highest BCUT2D eigenvalue weighted by atomic mass is 35.6. The first-order chi connectivity index (χ1) is 5.68. The average Bonchev–Trinajstić information content (AvgIpc) is 2.12. The van der Waals surface area contributed by atoms with Gasteiger partial charge in [0.1, 0.15) is 0 Å². The first-order valence-electron chi connectivity index (χ1n) is 4.41. The Bertz CT molecular complexity index is 164. The standard InChI is InChI=1S/C8H16ClNOSi/c1-3-12(9,4-2)7-5-6-10-8-11/h3-7H2,1-2H3. The van der Waals surface area contributed by atoms with Crippen LogP contribution in [0.25, 0.3) is 0 Å². The number of hydrogen-bond acceptors (Lipinski definition) is 2. The van der Waals surface area contributed by atoms with E-state index < -0.39 is 7.38 Å². The summed E-state index contributed by atoms with van der Waals surface area (Å²) >= 11 is 6.39. The number of isocyanates is 1. The van der Waals surface area contributed by atoms with Gasteiger partial charge in [0, 0.05) is 0 Å². The Morgan fingerprint density at radius 2 is 2.00 bits per heavy atom. The van der Waals surface area contributed by atoms with Gasteiger partial charge in [-0.1, -0.05) is 13.8 Å². The monoisotopic (exact) mass is 205 g/mol. The number of rotatable bonds is 6. The molecule has 0 aromatic rings. The second-order valence-electron chi connectivity index (χ2n) is 2.93. The van der Waals surface area contributed by atoms with Crippen molar-refractivity contribution in [1.29, 1.82) is 0 Å². The van der Waals surface area contributed by atoms with Gasteiger partial charge in [0.2, 0.25) is 6.08 Å². The maximum Gasteiger partial charge on any atom is 0.234 e. The summed E-state index contributed by atoms with van der Waals surface area (Å²) in [5.74, 6) is 0. The van der Waals surface area contributed by atoms with Crippen LogP contribution in [0.5, 0.6) is 0 Å². The number of carbonyl (C=O) groups excluding carboxylic acids is 1. The van der Waals surface area contributed by atoms with Gasteiger partial charge in [-0.15, -0.1) is 0 Å². The summed E-state index contributed by atoms with van der Waals surface area (Å²) in [5, 5.41) is 0. The third-order valence-corrected chi connectivity index (χ3v) is 8.18. The molecule has 12 heavy (non-hydrogen) atoms. The summed E-state index contributed by atoms with van der Waals surface area (Å²) < 4.78 is 0. The van der Waals surface area contributed by atoms with Crippen molar-refractivity contribution in [2.45, 2.75) is 38.4 Å². The third-order valence-electron chi connectivity index (χ3n) is 2.23. The van der Waals surface area contributed by atoms with E-state index in [4.69, 9.17) is 11.1 Å². The van der Waals surface area contributed by atoms with Gasteiger partial charge in [-0.2, -0.15) is 11.1 Å². The zero-order valence-corrected chi connectivity index (χ0v) is 9.52. The van der Waals surface area contributed by atoms with Gasteiger partial charge in [-0.25, -0.2) is 9.79 Å². The molecule has 0 aliphatic rings. The van der Waals surface area contributed by atoms with Crippen molar-refractivity contribution < 1.29 is 4.79 Å². The van der Waals surface area contributed by atoms with E-state index in [1.807, 2.05) is 0 Å². The minimum Gasteiger partial charge on any atom is -0.211 e. The molecule has 0 amide bonds. The summed E-state index contributed by atoms with van der Waals surface area (Å²) in [6, 6.07) is 3.28. The Hall–Kier alpha value is -0.113. The molecule has 0 aliphatic heterocycles. The summed E-state index contributed by atoms with van der Waals surface area (Å²) in [5.41, 5.74) is 0. The van der Waals surface area contributed by atoms with Crippen LogP contribution in [0.1, 0.15) is 20.3 Å². The Morgan fingerprint density at radius 3 is 2.42 bits per heavy atom. The first-order valence-corrected chi connectivity index (χ1v) is 8.04. The van der Waals surface area contributed by atoms with E-state index in [0.29, 0.717) is 6.54 Å². The lowest BCUT2D eigenvalue weighted by atomic mass is 10.5. The molecular formula is C8H16ClNOSi. The van der Waals surface area contributed by atoms with Crippen LogP contribution >= 0.6 is 11.1 Å². The van der Waals surface area contributed by atoms with E-state index in [2.05, 4.69) is 18.8 Å². The van der Waals surface area contributed by atoms with E-state index in [1.54, 1.807) is 0 Å². The van der Waals surface area contributed by atoms with E-state index in [1.165, 1.54) is 6.08 Å². The SMILES string of the molecule is CC[Si](Cl)(CC)CCCN=C=O. The third kappa shape index (κ3) is 4.70. The molecule has 0 saturated heterocycles. The zero-order chi connectivity index (χ0) is 9.45. The Morgan fingerprint density at radius 1 is 1.42 bits per heavy atom. The van der Waals surface area contributed by atoms with Crippen LogP contribution < -0.4 is 0 Å². The van der Waals surface area contributed by atoms with Gasteiger partial charge in [0.05, 0.1) is 6.54 Å². The minimum atomic E-state index is -1.46. The van der Waals surface area contributed by atoms with Crippen LogP contribution in [0, 0.1) is 0 Å². The highest BCUT2D eigenvalue weighted by molar-refractivity contribution is 7.20. The van der Waals surface area contributed by atoms with E-state index in [0.717, 1.165) is 24.6 Å². The first kappa shape index (κ1) is 11.9. The molecule has 0 radical (unpaired) electrons. The Balaban J connectivity index is 3.65. The number of halogens is 1. The fraction of sp³-hybridized carbons (Fsp3) is 0.875. The van der Waals surface area contributed by atoms with Crippen LogP contribution in [0.3, 0.4) is 0 Å². The van der Waals surface area contributed by atoms with Gasteiger partial charge >= 0.3 is 0 Å². The molecule has 70 valence electrons. The molecule has 0 aromatic carbocycles. The van der Waals surface area contributed by atoms with E-state index in [9.17, 15) is 4.79 Å². The molecule has 0 saturated carbocycles. The topological polar surface area (TPSA) is 29.4 Å². The smallest absolute Gasteiger partial charge is 0.211 e. The average molecular weight is 206 g/mol. The molecule has 0 heterocycles. The lowest BCUT2D eigenvalue weighted by molar-refractivity contribution is 0.562. The predicted molar refractivity (Wildman–Crippen MR) is 55.0 cm³/mol. The van der Waals surface area contributed by atoms with Crippen molar-refractivity contribution in [1.82, 2.24) is 0 Å².